The number of anilines is 1. The summed E-state index contributed by atoms with van der Waals surface area (Å²) < 4.78 is 32.6. The molecule has 28 heavy (non-hydrogen) atoms. The fourth-order valence-electron chi connectivity index (χ4n) is 2.17. The molecule has 5 nitrogen and oxygen atoms in total. The van der Waals surface area contributed by atoms with Gasteiger partial charge in [-0.15, -0.1) is 0 Å². The van der Waals surface area contributed by atoms with Gasteiger partial charge in [0.1, 0.15) is 5.82 Å². The van der Waals surface area contributed by atoms with Crippen molar-refractivity contribution in [2.45, 2.75) is 6.54 Å². The van der Waals surface area contributed by atoms with Crippen LogP contribution in [-0.4, -0.2) is 15.1 Å². The van der Waals surface area contributed by atoms with Gasteiger partial charge < -0.3 is 15.4 Å². The molecule has 10 heteroatoms. The molecule has 2 heterocycles. The van der Waals surface area contributed by atoms with Crippen molar-refractivity contribution in [1.29, 1.82) is 0 Å². The molecule has 0 radical (unpaired) electrons. The van der Waals surface area contributed by atoms with Gasteiger partial charge in [0.15, 0.2) is 10.9 Å². The summed E-state index contributed by atoms with van der Waals surface area (Å²) in [5.41, 5.74) is 0.976. The van der Waals surface area contributed by atoms with E-state index in [4.69, 9.17) is 40.2 Å². The predicted molar refractivity (Wildman–Crippen MR) is 108 cm³/mol. The van der Waals surface area contributed by atoms with Crippen molar-refractivity contribution in [1.82, 2.24) is 15.3 Å². The largest absolute Gasteiger partial charge is 0.434 e. The van der Waals surface area contributed by atoms with Crippen LogP contribution in [0.3, 0.4) is 0 Å². The third kappa shape index (κ3) is 4.83. The SMILES string of the molecule is Fc1ccc(NC(=S)NCc2cccnc2Oc2cccnc2F)c(Cl)c1Cl. The molecule has 0 aliphatic carbocycles. The molecule has 0 aliphatic heterocycles. The van der Waals surface area contributed by atoms with Gasteiger partial charge in [-0.1, -0.05) is 29.3 Å². The number of benzene rings is 1. The molecule has 0 aliphatic rings. The first kappa shape index (κ1) is 20.2. The minimum atomic E-state index is -0.743. The van der Waals surface area contributed by atoms with Crippen LogP contribution in [0.2, 0.25) is 10.0 Å². The van der Waals surface area contributed by atoms with E-state index in [1.54, 1.807) is 18.2 Å². The van der Waals surface area contributed by atoms with E-state index in [0.717, 1.165) is 0 Å². The summed E-state index contributed by atoms with van der Waals surface area (Å²) in [5.74, 6) is -1.22. The lowest BCUT2D eigenvalue weighted by Crippen LogP contribution is -2.28. The van der Waals surface area contributed by atoms with Gasteiger partial charge in [0.25, 0.3) is 5.95 Å². The lowest BCUT2D eigenvalue weighted by molar-refractivity contribution is 0.411. The monoisotopic (exact) mass is 440 g/mol. The van der Waals surface area contributed by atoms with Crippen LogP contribution in [0, 0.1) is 11.8 Å². The highest BCUT2D eigenvalue weighted by Gasteiger charge is 2.13. The third-order valence-corrected chi connectivity index (χ3v) is 4.61. The molecule has 0 spiro atoms. The number of rotatable bonds is 5. The Morgan fingerprint density at radius 2 is 1.79 bits per heavy atom. The van der Waals surface area contributed by atoms with E-state index in [9.17, 15) is 8.78 Å². The van der Waals surface area contributed by atoms with Crippen molar-refractivity contribution in [3.8, 4) is 11.6 Å². The Hall–Kier alpha value is -2.55. The minimum Gasteiger partial charge on any atom is -0.434 e. The first-order valence-electron chi connectivity index (χ1n) is 7.86. The molecule has 0 bridgehead atoms. The Morgan fingerprint density at radius 1 is 1.04 bits per heavy atom. The predicted octanol–water partition coefficient (Wildman–Crippen LogP) is 5.34. The van der Waals surface area contributed by atoms with Gasteiger partial charge >= 0.3 is 0 Å². The van der Waals surface area contributed by atoms with Crippen molar-refractivity contribution < 1.29 is 13.5 Å². The zero-order valence-electron chi connectivity index (χ0n) is 14.0. The normalized spacial score (nSPS) is 10.4. The zero-order valence-corrected chi connectivity index (χ0v) is 16.4. The number of nitrogens with zero attached hydrogens (tertiary/aromatic N) is 2. The highest BCUT2D eigenvalue weighted by molar-refractivity contribution is 7.80. The standard InChI is InChI=1S/C18H12Cl2F2N4OS/c19-14-11(21)5-6-12(15(14)20)26-18(28)25-9-10-3-1-8-24-17(10)27-13-4-2-7-23-16(13)22/h1-8H,9H2,(H2,25,26,28). The number of pyridine rings is 2. The van der Waals surface area contributed by atoms with Gasteiger partial charge in [0.05, 0.1) is 15.7 Å². The topological polar surface area (TPSA) is 59.1 Å². The van der Waals surface area contributed by atoms with Crippen LogP contribution in [0.1, 0.15) is 5.56 Å². The van der Waals surface area contributed by atoms with Crippen LogP contribution in [0.15, 0.2) is 48.8 Å². The minimum absolute atomic E-state index is 0.0169. The number of hydrogen-bond acceptors (Lipinski definition) is 4. The molecule has 0 amide bonds. The molecule has 1 aromatic carbocycles. The van der Waals surface area contributed by atoms with Gasteiger partial charge in [-0.2, -0.15) is 4.39 Å². The fraction of sp³-hybridized carbons (Fsp3) is 0.0556. The Balaban J connectivity index is 1.67. The maximum Gasteiger partial charge on any atom is 0.255 e. The summed E-state index contributed by atoms with van der Waals surface area (Å²) in [6, 6.07) is 9.04. The van der Waals surface area contributed by atoms with Crippen molar-refractivity contribution in [2.24, 2.45) is 0 Å². The Labute approximate surface area is 174 Å². The van der Waals surface area contributed by atoms with Crippen LogP contribution < -0.4 is 15.4 Å². The number of aromatic nitrogens is 2. The molecule has 0 fully saturated rings. The summed E-state index contributed by atoms with van der Waals surface area (Å²) in [4.78, 5) is 7.64. The average molecular weight is 441 g/mol. The fourth-order valence-corrected chi connectivity index (χ4v) is 2.71. The number of nitrogens with one attached hydrogen (secondary N) is 2. The molecule has 0 atom stereocenters. The molecular formula is C18H12Cl2F2N4OS. The Kier molecular flexibility index (Phi) is 6.56. The summed E-state index contributed by atoms with van der Waals surface area (Å²) in [5, 5.41) is 5.81. The quantitative estimate of drug-likeness (QED) is 0.317. The average Bonchev–Trinajstić information content (AvgIpc) is 2.69. The molecule has 0 saturated heterocycles. The van der Waals surface area contributed by atoms with Crippen molar-refractivity contribution in [3.63, 3.8) is 0 Å². The Bertz CT molecular complexity index is 1020. The smallest absolute Gasteiger partial charge is 0.255 e. The molecule has 2 aromatic heterocycles. The maximum atomic E-state index is 13.7. The second-order valence-electron chi connectivity index (χ2n) is 5.39. The van der Waals surface area contributed by atoms with Gasteiger partial charge in [-0.05, 0) is 42.5 Å². The summed E-state index contributed by atoms with van der Waals surface area (Å²) in [7, 11) is 0. The second kappa shape index (κ2) is 9.09. The summed E-state index contributed by atoms with van der Waals surface area (Å²) >= 11 is 17.0. The molecule has 0 unspecified atom stereocenters. The van der Waals surface area contributed by atoms with Crippen molar-refractivity contribution >= 4 is 46.2 Å². The molecular weight excluding hydrogens is 429 g/mol. The van der Waals surface area contributed by atoms with E-state index in [1.165, 1.54) is 30.6 Å². The van der Waals surface area contributed by atoms with Gasteiger partial charge in [0.2, 0.25) is 5.88 Å². The molecule has 3 rings (SSSR count). The van der Waals surface area contributed by atoms with Crippen LogP contribution in [0.25, 0.3) is 0 Å². The van der Waals surface area contributed by atoms with Gasteiger partial charge in [-0.3, -0.25) is 0 Å². The Morgan fingerprint density at radius 3 is 2.57 bits per heavy atom. The first-order valence-corrected chi connectivity index (χ1v) is 9.02. The van der Waals surface area contributed by atoms with E-state index in [1.807, 2.05) is 0 Å². The van der Waals surface area contributed by atoms with Crippen molar-refractivity contribution in [2.75, 3.05) is 5.32 Å². The van der Waals surface area contributed by atoms with Crippen molar-refractivity contribution in [3.05, 3.63) is 76.2 Å². The zero-order chi connectivity index (χ0) is 20.1. The maximum absolute atomic E-state index is 13.7. The van der Waals surface area contributed by atoms with Crippen LogP contribution in [0.4, 0.5) is 14.5 Å². The third-order valence-electron chi connectivity index (χ3n) is 3.50. The highest BCUT2D eigenvalue weighted by atomic mass is 35.5. The molecule has 2 N–H and O–H groups in total. The molecule has 0 saturated carbocycles. The number of hydrogen-bond donors (Lipinski definition) is 2. The van der Waals surface area contributed by atoms with Crippen LogP contribution >= 0.6 is 35.4 Å². The number of halogens is 4. The van der Waals surface area contributed by atoms with E-state index < -0.39 is 11.8 Å². The number of thiocarbonyl (C=S) groups is 1. The lowest BCUT2D eigenvalue weighted by atomic mass is 10.2. The molecule has 3 aromatic rings. The van der Waals surface area contributed by atoms with Gasteiger partial charge in [-0.25, -0.2) is 14.4 Å². The second-order valence-corrected chi connectivity index (χ2v) is 6.56. The molecule has 144 valence electrons. The van der Waals surface area contributed by atoms with E-state index in [2.05, 4.69) is 20.6 Å². The summed E-state index contributed by atoms with van der Waals surface area (Å²) in [6.07, 6.45) is 2.84. The van der Waals surface area contributed by atoms with Crippen LogP contribution in [-0.2, 0) is 6.54 Å². The van der Waals surface area contributed by atoms with Gasteiger partial charge in [0, 0.05) is 24.5 Å². The number of ether oxygens (including phenoxy) is 1. The van der Waals surface area contributed by atoms with E-state index >= 15 is 0 Å². The summed E-state index contributed by atoms with van der Waals surface area (Å²) in [6.45, 7) is 0.226. The first-order chi connectivity index (χ1) is 13.5. The lowest BCUT2D eigenvalue weighted by Gasteiger charge is -2.14. The van der Waals surface area contributed by atoms with E-state index in [-0.39, 0.29) is 33.3 Å². The van der Waals surface area contributed by atoms with Crippen LogP contribution in [0.5, 0.6) is 11.6 Å². The highest BCUT2D eigenvalue weighted by Crippen LogP contribution is 2.32. The van der Waals surface area contributed by atoms with E-state index in [0.29, 0.717) is 11.3 Å².